The molecule has 0 saturated carbocycles. The molecule has 3 aromatic rings. The van der Waals surface area contributed by atoms with Gasteiger partial charge in [0.15, 0.2) is 0 Å². The van der Waals surface area contributed by atoms with E-state index in [0.29, 0.717) is 6.07 Å². The Labute approximate surface area is 261 Å². The van der Waals surface area contributed by atoms with E-state index in [0.717, 1.165) is 18.4 Å². The first-order chi connectivity index (χ1) is 20.7. The molecule has 45 heavy (non-hydrogen) atoms. The Morgan fingerprint density at radius 3 is 2.29 bits per heavy atom. The van der Waals surface area contributed by atoms with Crippen molar-refractivity contribution in [1.29, 1.82) is 0 Å². The SMILES string of the molecule is Cc1nc(F)ccc1Oc1ccc(C(F)(F)F)c(Cl)c1C(=O)Nc1cccc([S@@](C)(=O)=NC(=O)[C@@H](C)NC(=O)OC(C)(C)C)c1. The van der Waals surface area contributed by atoms with Crippen molar-refractivity contribution in [3.05, 3.63) is 76.3 Å². The fourth-order valence-corrected chi connectivity index (χ4v) is 5.30. The van der Waals surface area contributed by atoms with Gasteiger partial charge < -0.3 is 20.1 Å². The van der Waals surface area contributed by atoms with Crippen molar-refractivity contribution >= 4 is 44.9 Å². The van der Waals surface area contributed by atoms with Gasteiger partial charge in [0.2, 0.25) is 5.95 Å². The fourth-order valence-electron chi connectivity index (χ4n) is 3.67. The lowest BCUT2D eigenvalue weighted by Crippen LogP contribution is -2.41. The predicted octanol–water partition coefficient (Wildman–Crippen LogP) is 7.14. The van der Waals surface area contributed by atoms with E-state index in [2.05, 4.69) is 20.0 Å². The van der Waals surface area contributed by atoms with Gasteiger partial charge >= 0.3 is 12.3 Å². The smallest absolute Gasteiger partial charge is 0.417 e. The van der Waals surface area contributed by atoms with Crippen molar-refractivity contribution in [2.75, 3.05) is 11.6 Å². The van der Waals surface area contributed by atoms with Crippen LogP contribution in [0, 0.1) is 12.9 Å². The van der Waals surface area contributed by atoms with E-state index >= 15 is 0 Å². The number of rotatable bonds is 7. The van der Waals surface area contributed by atoms with Crippen LogP contribution in [0.2, 0.25) is 5.02 Å². The van der Waals surface area contributed by atoms with Crippen LogP contribution in [0.3, 0.4) is 0 Å². The zero-order valence-corrected chi connectivity index (χ0v) is 26.4. The Morgan fingerprint density at radius 2 is 1.69 bits per heavy atom. The summed E-state index contributed by atoms with van der Waals surface area (Å²) in [6, 6.07) is 7.76. The molecule has 2 atom stereocenters. The number of amides is 3. The summed E-state index contributed by atoms with van der Waals surface area (Å²) in [6.07, 6.45) is -4.65. The van der Waals surface area contributed by atoms with E-state index in [-0.39, 0.29) is 27.8 Å². The highest BCUT2D eigenvalue weighted by molar-refractivity contribution is 7.93. The molecule has 10 nitrogen and oxygen atoms in total. The molecule has 0 bridgehead atoms. The summed E-state index contributed by atoms with van der Waals surface area (Å²) in [5.41, 5.74) is -2.81. The van der Waals surface area contributed by atoms with Gasteiger partial charge in [-0.05, 0) is 77.1 Å². The second kappa shape index (κ2) is 13.4. The highest BCUT2D eigenvalue weighted by Gasteiger charge is 2.36. The Balaban J connectivity index is 1.94. The molecular formula is C29H29ClF4N4O6S. The van der Waals surface area contributed by atoms with E-state index in [1.54, 1.807) is 20.8 Å². The van der Waals surface area contributed by atoms with E-state index in [1.165, 1.54) is 44.2 Å². The summed E-state index contributed by atoms with van der Waals surface area (Å²) < 4.78 is 82.3. The third-order valence-corrected chi connectivity index (χ3v) is 7.81. The Morgan fingerprint density at radius 1 is 1.04 bits per heavy atom. The summed E-state index contributed by atoms with van der Waals surface area (Å²) in [5.74, 6) is -3.30. The number of nitrogens with one attached hydrogen (secondary N) is 2. The first kappa shape index (κ1) is 35.2. The molecule has 0 radical (unpaired) electrons. The van der Waals surface area contributed by atoms with Gasteiger partial charge in [-0.3, -0.25) is 9.59 Å². The number of pyridine rings is 1. The van der Waals surface area contributed by atoms with Crippen molar-refractivity contribution in [3.8, 4) is 11.5 Å². The molecule has 16 heteroatoms. The third kappa shape index (κ3) is 9.38. The van der Waals surface area contributed by atoms with Gasteiger partial charge in [0.1, 0.15) is 28.7 Å². The first-order valence-corrected chi connectivity index (χ1v) is 15.4. The number of carbonyl (C=O) groups excluding carboxylic acids is 3. The summed E-state index contributed by atoms with van der Waals surface area (Å²) in [6.45, 7) is 7.61. The third-order valence-electron chi connectivity index (χ3n) is 5.76. The van der Waals surface area contributed by atoms with Gasteiger partial charge in [-0.1, -0.05) is 17.7 Å². The van der Waals surface area contributed by atoms with Crippen LogP contribution in [0.5, 0.6) is 11.5 Å². The van der Waals surface area contributed by atoms with Gasteiger partial charge in [0, 0.05) is 16.8 Å². The summed E-state index contributed by atoms with van der Waals surface area (Å²) in [7, 11) is -3.44. The zero-order chi connectivity index (χ0) is 33.9. The molecule has 0 spiro atoms. The number of alkyl carbamates (subject to hydrolysis) is 1. The standard InChI is InChI=1S/C29H29ClF4N4O6S/c1-15-20(12-13-22(31)35-15)43-21-11-10-19(29(32,33)34)24(30)23(21)26(40)37-17-8-7-9-18(14-17)45(6,42)38-25(39)16(2)36-27(41)44-28(3,4)5/h7-14,16H,1-6H3,(H,36,41)(H,37,40)/t16-,45-/m1/s1. The number of hydrogen-bond acceptors (Lipinski definition) is 7. The average Bonchev–Trinajstić information content (AvgIpc) is 2.88. The first-order valence-electron chi connectivity index (χ1n) is 13.1. The van der Waals surface area contributed by atoms with Crippen LogP contribution in [0.15, 0.2) is 57.8 Å². The van der Waals surface area contributed by atoms with Crippen LogP contribution in [-0.4, -0.2) is 45.0 Å². The molecule has 2 N–H and O–H groups in total. The molecule has 3 amide bonds. The molecule has 1 aromatic heterocycles. The van der Waals surface area contributed by atoms with Gasteiger partial charge in [-0.2, -0.15) is 21.9 Å². The molecule has 0 fully saturated rings. The number of aromatic nitrogens is 1. The lowest BCUT2D eigenvalue weighted by molar-refractivity contribution is -0.137. The number of hydrogen-bond donors (Lipinski definition) is 2. The summed E-state index contributed by atoms with van der Waals surface area (Å²) >= 11 is 6.08. The largest absolute Gasteiger partial charge is 0.455 e. The van der Waals surface area contributed by atoms with Crippen LogP contribution in [0.1, 0.15) is 49.3 Å². The maximum Gasteiger partial charge on any atom is 0.417 e. The van der Waals surface area contributed by atoms with Gasteiger partial charge in [0.05, 0.1) is 26.0 Å². The molecule has 1 heterocycles. The van der Waals surface area contributed by atoms with E-state index in [4.69, 9.17) is 21.1 Å². The van der Waals surface area contributed by atoms with Crippen molar-refractivity contribution in [1.82, 2.24) is 10.3 Å². The molecule has 3 rings (SSSR count). The van der Waals surface area contributed by atoms with Crippen LogP contribution >= 0.6 is 11.6 Å². The Kier molecular flexibility index (Phi) is 10.5. The minimum atomic E-state index is -4.92. The lowest BCUT2D eigenvalue weighted by Gasteiger charge is -2.21. The lowest BCUT2D eigenvalue weighted by atomic mass is 10.1. The predicted molar refractivity (Wildman–Crippen MR) is 158 cm³/mol. The molecule has 0 aliphatic rings. The molecule has 242 valence electrons. The van der Waals surface area contributed by atoms with Gasteiger partial charge in [-0.25, -0.2) is 14.0 Å². The number of nitrogens with zero attached hydrogens (tertiary/aromatic N) is 2. The van der Waals surface area contributed by atoms with E-state index in [9.17, 15) is 36.2 Å². The van der Waals surface area contributed by atoms with Crippen molar-refractivity contribution < 1.29 is 45.6 Å². The highest BCUT2D eigenvalue weighted by Crippen LogP contribution is 2.41. The van der Waals surface area contributed by atoms with Crippen molar-refractivity contribution in [2.45, 2.75) is 57.3 Å². The normalized spacial score (nSPS) is 13.7. The maximum atomic E-state index is 13.7. The monoisotopic (exact) mass is 672 g/mol. The Bertz CT molecular complexity index is 1770. The van der Waals surface area contributed by atoms with Crippen LogP contribution in [0.4, 0.5) is 28.0 Å². The van der Waals surface area contributed by atoms with Crippen LogP contribution < -0.4 is 15.4 Å². The minimum Gasteiger partial charge on any atom is -0.455 e. The molecule has 0 aliphatic heterocycles. The summed E-state index contributed by atoms with van der Waals surface area (Å²) in [5, 5.41) is 3.73. The van der Waals surface area contributed by atoms with E-state index in [1.807, 2.05) is 0 Å². The quantitative estimate of drug-likeness (QED) is 0.201. The number of aryl methyl sites for hydroxylation is 1. The number of benzene rings is 2. The topological polar surface area (TPSA) is 136 Å². The van der Waals surface area contributed by atoms with Crippen LogP contribution in [-0.2, 0) is 25.4 Å². The second-order valence-electron chi connectivity index (χ2n) is 10.7. The van der Waals surface area contributed by atoms with Gasteiger partial charge in [0.25, 0.3) is 11.8 Å². The number of halogens is 5. The maximum absolute atomic E-state index is 13.7. The molecule has 0 unspecified atom stereocenters. The zero-order valence-electron chi connectivity index (χ0n) is 24.8. The average molecular weight is 673 g/mol. The molecule has 0 saturated heterocycles. The molecule has 0 aliphatic carbocycles. The Hall–Kier alpha value is -4.24. The van der Waals surface area contributed by atoms with Crippen LogP contribution in [0.25, 0.3) is 0 Å². The van der Waals surface area contributed by atoms with E-state index < -0.39 is 67.6 Å². The number of anilines is 1. The van der Waals surface area contributed by atoms with Gasteiger partial charge in [-0.15, -0.1) is 0 Å². The molecule has 2 aromatic carbocycles. The second-order valence-corrected chi connectivity index (χ2v) is 13.3. The number of ether oxygens (including phenoxy) is 2. The minimum absolute atomic E-state index is 0.0160. The highest BCUT2D eigenvalue weighted by atomic mass is 35.5. The molecular weight excluding hydrogens is 644 g/mol. The summed E-state index contributed by atoms with van der Waals surface area (Å²) in [4.78, 5) is 41.6. The number of carbonyl (C=O) groups is 3. The fraction of sp³-hybridized carbons (Fsp3) is 0.310. The van der Waals surface area contributed by atoms with Crippen molar-refractivity contribution in [2.24, 2.45) is 4.36 Å². The number of alkyl halides is 3. The van der Waals surface area contributed by atoms with Crippen molar-refractivity contribution in [3.63, 3.8) is 0 Å².